The predicted molar refractivity (Wildman–Crippen MR) is 213 cm³/mol. The Kier molecular flexibility index (Phi) is 11.3. The van der Waals surface area contributed by atoms with Gasteiger partial charge in [-0.1, -0.05) is 25.1 Å². The average molecular weight is 809 g/mol. The summed E-state index contributed by atoms with van der Waals surface area (Å²) < 4.78 is 37.5. The second-order valence-electron chi connectivity index (χ2n) is 16.2. The maximum Gasteiger partial charge on any atom is 0.311 e. The van der Waals surface area contributed by atoms with E-state index in [1.54, 1.807) is 35.0 Å². The molecular formula is C46H52N2O11. The van der Waals surface area contributed by atoms with Crippen LogP contribution in [-0.2, 0) is 40.1 Å². The maximum absolute atomic E-state index is 13.2. The first-order valence-corrected chi connectivity index (χ1v) is 20.0. The van der Waals surface area contributed by atoms with E-state index in [0.29, 0.717) is 73.1 Å². The number of fused-ring (bicyclic) bond motifs is 2. The zero-order valence-electron chi connectivity index (χ0n) is 34.9. The smallest absolute Gasteiger partial charge is 0.311 e. The molecule has 0 radical (unpaired) electrons. The number of hydrogen-bond donors (Lipinski definition) is 0. The van der Waals surface area contributed by atoms with E-state index < -0.39 is 36.0 Å². The maximum atomic E-state index is 13.2. The molecule has 0 N–H and O–H groups in total. The second-order valence-corrected chi connectivity index (χ2v) is 16.2. The molecule has 0 spiro atoms. The van der Waals surface area contributed by atoms with Crippen LogP contribution in [0.4, 0.5) is 0 Å². The van der Waals surface area contributed by atoms with Crippen LogP contribution in [0.3, 0.4) is 0 Å². The van der Waals surface area contributed by atoms with Gasteiger partial charge in [-0.15, -0.1) is 0 Å². The fraction of sp³-hybridized carbons (Fsp3) is 0.413. The zero-order valence-corrected chi connectivity index (χ0v) is 34.9. The normalized spacial score (nSPS) is 22.8. The summed E-state index contributed by atoms with van der Waals surface area (Å²) in [5.74, 6) is -0.119. The van der Waals surface area contributed by atoms with Gasteiger partial charge in [0.05, 0.1) is 66.0 Å². The van der Waals surface area contributed by atoms with Crippen molar-refractivity contribution in [2.24, 2.45) is 0 Å². The summed E-state index contributed by atoms with van der Waals surface area (Å²) in [4.78, 5) is 38.7. The summed E-state index contributed by atoms with van der Waals surface area (Å²) in [6, 6.07) is 16.2. The van der Waals surface area contributed by atoms with Crippen molar-refractivity contribution in [3.63, 3.8) is 0 Å². The minimum absolute atomic E-state index is 0.0310. The van der Waals surface area contributed by atoms with Gasteiger partial charge in [-0.2, -0.15) is 0 Å². The minimum Gasteiger partial charge on any atom is -0.544 e. The van der Waals surface area contributed by atoms with Crippen molar-refractivity contribution < 1.29 is 62.0 Å². The molecular weight excluding hydrogens is 757 g/mol. The van der Waals surface area contributed by atoms with Gasteiger partial charge in [0.2, 0.25) is 5.75 Å². The van der Waals surface area contributed by atoms with Gasteiger partial charge in [-0.3, -0.25) is 4.79 Å². The number of carboxylic acid groups (broad SMARTS) is 2. The van der Waals surface area contributed by atoms with Crippen molar-refractivity contribution in [3.8, 4) is 46.0 Å². The number of hydrogen-bond acceptors (Lipinski definition) is 11. The van der Waals surface area contributed by atoms with Crippen LogP contribution in [-0.4, -0.2) is 87.5 Å². The third-order valence-electron chi connectivity index (χ3n) is 13.2. The first kappa shape index (κ1) is 41.4. The lowest BCUT2D eigenvalue weighted by molar-refractivity contribution is -0.956. The van der Waals surface area contributed by atoms with E-state index in [1.807, 2.05) is 74.8 Å². The number of benzene rings is 4. The molecule has 8 rings (SSSR count). The third kappa shape index (κ3) is 7.42. The van der Waals surface area contributed by atoms with Crippen molar-refractivity contribution >= 4 is 17.9 Å². The molecule has 0 fully saturated rings. The summed E-state index contributed by atoms with van der Waals surface area (Å²) in [7, 11) is 8.45. The Bertz CT molecular complexity index is 2290. The summed E-state index contributed by atoms with van der Waals surface area (Å²) in [5, 5.41) is 25.5. The Morgan fingerprint density at radius 1 is 0.712 bits per heavy atom. The highest BCUT2D eigenvalue weighted by atomic mass is 16.6. The number of carbonyl (C=O) groups is 3. The van der Waals surface area contributed by atoms with Gasteiger partial charge >= 0.3 is 5.97 Å². The summed E-state index contributed by atoms with van der Waals surface area (Å²) >= 11 is 0. The van der Waals surface area contributed by atoms with Crippen LogP contribution in [0.2, 0.25) is 0 Å². The molecule has 0 saturated carbocycles. The molecule has 4 aliphatic rings. The molecule has 0 aliphatic carbocycles. The highest BCUT2D eigenvalue weighted by Gasteiger charge is 2.48. The number of likely N-dealkylation sites (N-methyl/N-ethyl adjacent to an activating group) is 2. The van der Waals surface area contributed by atoms with Crippen LogP contribution in [0.1, 0.15) is 72.7 Å². The monoisotopic (exact) mass is 808 g/mol. The summed E-state index contributed by atoms with van der Waals surface area (Å²) in [6.07, 6.45) is 1.85. The Balaban J connectivity index is 1.56. The lowest BCUT2D eigenvalue weighted by Gasteiger charge is -2.50. The molecule has 4 aliphatic heterocycles. The summed E-state index contributed by atoms with van der Waals surface area (Å²) in [5.41, 5.74) is 5.12. The molecule has 59 heavy (non-hydrogen) atoms. The number of carbonyl (C=O) groups excluding carboxylic acids is 3. The van der Waals surface area contributed by atoms with Gasteiger partial charge < -0.3 is 57.2 Å². The lowest BCUT2D eigenvalue weighted by Crippen LogP contribution is -2.62. The van der Waals surface area contributed by atoms with Crippen molar-refractivity contribution in [2.75, 3.05) is 48.5 Å². The zero-order chi connectivity index (χ0) is 42.4. The number of quaternary nitrogens is 2. The van der Waals surface area contributed by atoms with E-state index in [9.17, 15) is 24.6 Å². The second kappa shape index (κ2) is 16.1. The molecule has 13 heteroatoms. The molecule has 0 amide bonds. The molecule has 6 bridgehead atoms. The van der Waals surface area contributed by atoms with E-state index >= 15 is 0 Å². The standard InChI is InChI=1S/C46H52N2O11/c1-9-41(49)59-43-40(56-8)24-31-17-19-48(5,27(3)46(52)53)35-21-29-12-15-36(54-6)38(22-29)57-32-13-10-28(11-14-32)20-34-33-25-39(58-44(43)42(31)35)37(55-7)23-30(33)16-18-47(34,4)26(2)45(50)51/h10-15,22-27,34-35H,9,16-21H2,1-8H3. The van der Waals surface area contributed by atoms with Gasteiger partial charge in [0.1, 0.15) is 29.9 Å². The average Bonchev–Trinajstić information content (AvgIpc) is 3.23. The molecule has 6 unspecified atom stereocenters. The fourth-order valence-corrected chi connectivity index (χ4v) is 9.16. The molecule has 0 saturated heterocycles. The number of nitrogens with zero attached hydrogens (tertiary/aromatic N) is 2. The summed E-state index contributed by atoms with van der Waals surface area (Å²) in [6.45, 7) is 5.99. The third-order valence-corrected chi connectivity index (χ3v) is 13.2. The number of ether oxygens (including phenoxy) is 6. The first-order chi connectivity index (χ1) is 28.1. The molecule has 4 heterocycles. The molecule has 6 atom stereocenters. The van der Waals surface area contributed by atoms with Crippen LogP contribution in [0.15, 0.2) is 60.7 Å². The molecule has 4 aromatic rings. The number of aliphatic carboxylic acids is 2. The van der Waals surface area contributed by atoms with Crippen molar-refractivity contribution in [1.29, 1.82) is 0 Å². The van der Waals surface area contributed by atoms with E-state index in [4.69, 9.17) is 28.4 Å². The molecule has 312 valence electrons. The quantitative estimate of drug-likeness (QED) is 0.131. The fourth-order valence-electron chi connectivity index (χ4n) is 9.16. The first-order valence-electron chi connectivity index (χ1n) is 20.0. The largest absolute Gasteiger partial charge is 0.544 e. The van der Waals surface area contributed by atoms with Crippen LogP contribution in [0.25, 0.3) is 0 Å². The highest BCUT2D eigenvalue weighted by Crippen LogP contribution is 2.54. The molecule has 0 aromatic heterocycles. The van der Waals surface area contributed by atoms with E-state index in [0.717, 1.165) is 27.8 Å². The van der Waals surface area contributed by atoms with Gasteiger partial charge in [0, 0.05) is 37.7 Å². The van der Waals surface area contributed by atoms with Crippen LogP contribution < -0.4 is 38.6 Å². The predicted octanol–water partition coefficient (Wildman–Crippen LogP) is 4.78. The Morgan fingerprint density at radius 2 is 1.27 bits per heavy atom. The van der Waals surface area contributed by atoms with Crippen LogP contribution >= 0.6 is 0 Å². The SMILES string of the molecule is CCC(=O)Oc1c(OC)cc2c3c1Oc1cc4c(cc1OC)CC[N+](C)(C(C)C(=O)[O-])C4Cc1ccc(cc1)Oc1cc(ccc1OC)CC3[N+](C)(C(C)C(=O)[O-])CC2. The van der Waals surface area contributed by atoms with E-state index in [1.165, 1.54) is 7.11 Å². The van der Waals surface area contributed by atoms with Crippen molar-refractivity contribution in [1.82, 2.24) is 0 Å². The highest BCUT2D eigenvalue weighted by molar-refractivity contribution is 5.76. The van der Waals surface area contributed by atoms with Crippen LogP contribution in [0, 0.1) is 0 Å². The molecule has 13 nitrogen and oxygen atoms in total. The van der Waals surface area contributed by atoms with Gasteiger partial charge in [0.15, 0.2) is 34.5 Å². The number of rotatable bonds is 9. The minimum atomic E-state index is -1.21. The topological polar surface area (TPSA) is 153 Å². The van der Waals surface area contributed by atoms with E-state index in [-0.39, 0.29) is 38.7 Å². The van der Waals surface area contributed by atoms with Gasteiger partial charge in [0.25, 0.3) is 0 Å². The van der Waals surface area contributed by atoms with Crippen molar-refractivity contribution in [2.45, 2.75) is 77.0 Å². The number of methoxy groups -OCH3 is 3. The van der Waals surface area contributed by atoms with Crippen molar-refractivity contribution in [3.05, 3.63) is 94.0 Å². The molecule has 4 aromatic carbocycles. The Labute approximate surface area is 344 Å². The Hall–Kier alpha value is -5.79. The number of esters is 1. The van der Waals surface area contributed by atoms with Gasteiger partial charge in [-0.05, 0) is 78.6 Å². The van der Waals surface area contributed by atoms with Gasteiger partial charge in [-0.25, -0.2) is 0 Å². The number of carboxylic acids is 2. The lowest BCUT2D eigenvalue weighted by atomic mass is 9.84. The van der Waals surface area contributed by atoms with Crippen LogP contribution in [0.5, 0.6) is 46.0 Å². The Morgan fingerprint density at radius 3 is 1.88 bits per heavy atom. The van der Waals surface area contributed by atoms with E-state index in [2.05, 4.69) is 0 Å².